The van der Waals surface area contributed by atoms with Crippen molar-refractivity contribution >= 4 is 0 Å². The van der Waals surface area contributed by atoms with Gasteiger partial charge >= 0.3 is 0 Å². The summed E-state index contributed by atoms with van der Waals surface area (Å²) in [6.45, 7) is -0.394. The molecule has 2 aromatic rings. The van der Waals surface area contributed by atoms with Crippen molar-refractivity contribution < 1.29 is 39.0 Å². The zero-order valence-corrected chi connectivity index (χ0v) is 17.1. The minimum Gasteiger partial charge on any atom is -0.493 e. The van der Waals surface area contributed by atoms with Gasteiger partial charge in [-0.3, -0.25) is 0 Å². The average molecular weight is 418 g/mol. The van der Waals surface area contributed by atoms with Crippen molar-refractivity contribution in [3.05, 3.63) is 41.0 Å². The second-order valence-electron chi connectivity index (χ2n) is 7.41. The van der Waals surface area contributed by atoms with E-state index >= 15 is 0 Å². The highest BCUT2D eigenvalue weighted by Crippen LogP contribution is 2.53. The van der Waals surface area contributed by atoms with Crippen LogP contribution in [-0.2, 0) is 0 Å². The normalized spacial score (nSPS) is 24.3. The second kappa shape index (κ2) is 8.22. The molecule has 3 N–H and O–H groups in total. The summed E-state index contributed by atoms with van der Waals surface area (Å²) < 4.78 is 27.5. The minimum absolute atomic E-state index is 0.107. The Kier molecular flexibility index (Phi) is 5.64. The Labute approximate surface area is 174 Å². The first-order valence-corrected chi connectivity index (χ1v) is 9.71. The van der Waals surface area contributed by atoms with E-state index in [4.69, 9.17) is 23.7 Å². The summed E-state index contributed by atoms with van der Waals surface area (Å²) in [5.41, 5.74) is 2.24. The van der Waals surface area contributed by atoms with Crippen LogP contribution in [-0.4, -0.2) is 56.7 Å². The maximum absolute atomic E-state index is 11.0. The fraction of sp³-hybridized carbons (Fsp3) is 0.455. The maximum Gasteiger partial charge on any atom is 0.231 e. The largest absolute Gasteiger partial charge is 0.493 e. The molecule has 8 nitrogen and oxygen atoms in total. The third-order valence-corrected chi connectivity index (χ3v) is 6.08. The van der Waals surface area contributed by atoms with E-state index in [0.29, 0.717) is 34.3 Å². The van der Waals surface area contributed by atoms with E-state index in [1.807, 2.05) is 18.2 Å². The Hall–Kier alpha value is -2.68. The van der Waals surface area contributed by atoms with Crippen LogP contribution in [0.5, 0.6) is 28.7 Å². The lowest BCUT2D eigenvalue weighted by Crippen LogP contribution is -2.38. The molecule has 1 heterocycles. The number of ether oxygens (including phenoxy) is 5. The third kappa shape index (κ3) is 3.12. The molecule has 0 bridgehead atoms. The van der Waals surface area contributed by atoms with Gasteiger partial charge in [-0.1, -0.05) is 0 Å². The van der Waals surface area contributed by atoms with E-state index in [9.17, 15) is 15.3 Å². The first-order valence-electron chi connectivity index (χ1n) is 9.71. The zero-order valence-electron chi connectivity index (χ0n) is 17.1. The van der Waals surface area contributed by atoms with Gasteiger partial charge in [-0.15, -0.1) is 0 Å². The molecule has 30 heavy (non-hydrogen) atoms. The van der Waals surface area contributed by atoms with Gasteiger partial charge in [0, 0.05) is 31.0 Å². The first kappa shape index (κ1) is 20.6. The van der Waals surface area contributed by atoms with Crippen molar-refractivity contribution in [1.29, 1.82) is 0 Å². The third-order valence-electron chi connectivity index (χ3n) is 6.08. The number of aliphatic hydroxyl groups is 3. The fourth-order valence-electron chi connectivity index (χ4n) is 4.63. The molecule has 0 saturated carbocycles. The van der Waals surface area contributed by atoms with E-state index in [-0.39, 0.29) is 25.9 Å². The number of benzene rings is 2. The molecule has 1 aliphatic heterocycles. The van der Waals surface area contributed by atoms with Crippen LogP contribution in [0.1, 0.15) is 28.7 Å². The highest BCUT2D eigenvalue weighted by molar-refractivity contribution is 5.59. The molecule has 0 aromatic heterocycles. The molecule has 0 amide bonds. The number of methoxy groups -OCH3 is 3. The van der Waals surface area contributed by atoms with Crippen LogP contribution in [0.2, 0.25) is 0 Å². The van der Waals surface area contributed by atoms with E-state index < -0.39 is 17.9 Å². The van der Waals surface area contributed by atoms with Gasteiger partial charge in [0.25, 0.3) is 0 Å². The predicted octanol–water partition coefficient (Wildman–Crippen LogP) is 1.84. The zero-order chi connectivity index (χ0) is 21.4. The van der Waals surface area contributed by atoms with Crippen LogP contribution >= 0.6 is 0 Å². The standard InChI is InChI=1S/C22H26O8/c1-26-18-4-11(5-19(27-2)22(18)28-3)20-12-6-16-17(30-10-29-16)7-13(12)21(25)15(9-24)14(20)8-23/h4-7,14-15,20-21,23-25H,8-10H2,1-3H3/t14-,15+,20-,21-/m0/s1. The van der Waals surface area contributed by atoms with Crippen LogP contribution in [0.25, 0.3) is 0 Å². The van der Waals surface area contributed by atoms with E-state index in [1.54, 1.807) is 6.07 Å². The van der Waals surface area contributed by atoms with Crippen molar-refractivity contribution in [2.24, 2.45) is 11.8 Å². The summed E-state index contributed by atoms with van der Waals surface area (Å²) in [4.78, 5) is 0. The summed E-state index contributed by atoms with van der Waals surface area (Å²) in [6.07, 6.45) is -0.949. The molecule has 0 unspecified atom stereocenters. The number of hydrogen-bond acceptors (Lipinski definition) is 8. The van der Waals surface area contributed by atoms with Crippen molar-refractivity contribution in [2.75, 3.05) is 41.3 Å². The van der Waals surface area contributed by atoms with Gasteiger partial charge in [0.05, 0.1) is 27.4 Å². The lowest BCUT2D eigenvalue weighted by Gasteiger charge is -2.41. The molecule has 1 aliphatic carbocycles. The molecule has 8 heteroatoms. The van der Waals surface area contributed by atoms with Gasteiger partial charge in [0.2, 0.25) is 12.5 Å². The number of hydrogen-bond donors (Lipinski definition) is 3. The van der Waals surface area contributed by atoms with Crippen LogP contribution in [0, 0.1) is 11.8 Å². The Morgan fingerprint density at radius 1 is 0.833 bits per heavy atom. The molecule has 4 rings (SSSR count). The molecule has 0 fully saturated rings. The maximum atomic E-state index is 11.0. The summed E-state index contributed by atoms with van der Waals surface area (Å²) in [5, 5.41) is 31.2. The number of aliphatic hydroxyl groups excluding tert-OH is 3. The molecule has 162 valence electrons. The van der Waals surface area contributed by atoms with Crippen molar-refractivity contribution in [1.82, 2.24) is 0 Å². The molecule has 0 spiro atoms. The van der Waals surface area contributed by atoms with E-state index in [2.05, 4.69) is 0 Å². The van der Waals surface area contributed by atoms with Gasteiger partial charge < -0.3 is 39.0 Å². The fourth-order valence-corrected chi connectivity index (χ4v) is 4.63. The highest BCUT2D eigenvalue weighted by atomic mass is 16.7. The van der Waals surface area contributed by atoms with Crippen LogP contribution < -0.4 is 23.7 Å². The quantitative estimate of drug-likeness (QED) is 0.653. The van der Waals surface area contributed by atoms with Crippen molar-refractivity contribution in [3.8, 4) is 28.7 Å². The first-order chi connectivity index (χ1) is 14.6. The lowest BCUT2D eigenvalue weighted by molar-refractivity contribution is -0.00425. The van der Waals surface area contributed by atoms with Gasteiger partial charge in [-0.05, 0) is 41.0 Å². The van der Waals surface area contributed by atoms with Gasteiger partial charge in [-0.25, -0.2) is 0 Å². The topological polar surface area (TPSA) is 107 Å². The molecular formula is C22H26O8. The summed E-state index contributed by atoms with van der Waals surface area (Å²) in [7, 11) is 4.61. The summed E-state index contributed by atoms with van der Waals surface area (Å²) in [5.74, 6) is 1.20. The Bertz CT molecular complexity index is 903. The molecule has 4 atom stereocenters. The van der Waals surface area contributed by atoms with Crippen molar-refractivity contribution in [3.63, 3.8) is 0 Å². The highest BCUT2D eigenvalue weighted by Gasteiger charge is 2.44. The van der Waals surface area contributed by atoms with E-state index in [0.717, 1.165) is 11.1 Å². The number of rotatable bonds is 6. The predicted molar refractivity (Wildman–Crippen MR) is 107 cm³/mol. The lowest BCUT2D eigenvalue weighted by atomic mass is 9.65. The van der Waals surface area contributed by atoms with Crippen molar-refractivity contribution in [2.45, 2.75) is 12.0 Å². The van der Waals surface area contributed by atoms with E-state index in [1.165, 1.54) is 21.3 Å². The second-order valence-corrected chi connectivity index (χ2v) is 7.41. The monoisotopic (exact) mass is 418 g/mol. The van der Waals surface area contributed by atoms with Gasteiger partial charge in [0.15, 0.2) is 23.0 Å². The van der Waals surface area contributed by atoms with Crippen LogP contribution in [0.15, 0.2) is 24.3 Å². The summed E-state index contributed by atoms with van der Waals surface area (Å²) in [6, 6.07) is 7.25. The SMILES string of the molecule is COc1cc([C@H]2c3cc4c(cc3[C@H](O)[C@H](CO)[C@@H]2CO)OCO4)cc(OC)c1OC. The molecular weight excluding hydrogens is 392 g/mol. The Morgan fingerprint density at radius 3 is 1.90 bits per heavy atom. The molecule has 2 aliphatic rings. The smallest absolute Gasteiger partial charge is 0.231 e. The van der Waals surface area contributed by atoms with Crippen LogP contribution in [0.3, 0.4) is 0 Å². The summed E-state index contributed by atoms with van der Waals surface area (Å²) >= 11 is 0. The molecule has 0 radical (unpaired) electrons. The van der Waals surface area contributed by atoms with Gasteiger partial charge in [-0.2, -0.15) is 0 Å². The molecule has 0 saturated heterocycles. The van der Waals surface area contributed by atoms with Crippen LogP contribution in [0.4, 0.5) is 0 Å². The number of fused-ring (bicyclic) bond motifs is 2. The Morgan fingerprint density at radius 2 is 1.40 bits per heavy atom. The minimum atomic E-state index is -0.949. The molecule has 2 aromatic carbocycles. The van der Waals surface area contributed by atoms with Gasteiger partial charge in [0.1, 0.15) is 0 Å². The average Bonchev–Trinajstić information content (AvgIpc) is 3.24. The Balaban J connectivity index is 1.95.